The number of aryl methyl sites for hydroxylation is 1. The number of amides is 1. The molecule has 0 aliphatic carbocycles. The highest BCUT2D eigenvalue weighted by molar-refractivity contribution is 6.07. The maximum Gasteiger partial charge on any atom is 0.259 e. The van der Waals surface area contributed by atoms with Crippen LogP contribution in [0.5, 0.6) is 0 Å². The molecule has 6 heteroatoms. The molecule has 26 heavy (non-hydrogen) atoms. The fourth-order valence-electron chi connectivity index (χ4n) is 2.63. The Hall–Kier alpha value is -3.67. The standard InChI is InChI=1S/C20H16N4O2/c1-14-9-10-18(26-14)19-17(20(25)22-15-6-5-11-21-12-15)13-24(23-19)16-7-3-2-4-8-16/h2-13H,1H3,(H,22,25). The topological polar surface area (TPSA) is 73.0 Å². The van der Waals surface area contributed by atoms with E-state index in [2.05, 4.69) is 15.4 Å². The van der Waals surface area contributed by atoms with Crippen LogP contribution in [0.4, 0.5) is 5.69 Å². The molecule has 0 saturated heterocycles. The van der Waals surface area contributed by atoms with Crippen molar-refractivity contribution in [2.24, 2.45) is 0 Å². The van der Waals surface area contributed by atoms with Crippen LogP contribution in [0.25, 0.3) is 17.1 Å². The molecule has 1 N–H and O–H groups in total. The van der Waals surface area contributed by atoms with Gasteiger partial charge in [-0.3, -0.25) is 9.78 Å². The monoisotopic (exact) mass is 344 g/mol. The van der Waals surface area contributed by atoms with Gasteiger partial charge in [-0.05, 0) is 43.3 Å². The van der Waals surface area contributed by atoms with E-state index in [1.165, 1.54) is 0 Å². The lowest BCUT2D eigenvalue weighted by Crippen LogP contribution is -2.12. The van der Waals surface area contributed by atoms with Crippen molar-refractivity contribution in [3.8, 4) is 17.1 Å². The second-order valence-electron chi connectivity index (χ2n) is 5.78. The van der Waals surface area contributed by atoms with Gasteiger partial charge in [0.15, 0.2) is 5.76 Å². The van der Waals surface area contributed by atoms with E-state index in [1.807, 2.05) is 49.4 Å². The summed E-state index contributed by atoms with van der Waals surface area (Å²) in [5.74, 6) is 1.03. The maximum atomic E-state index is 12.8. The van der Waals surface area contributed by atoms with Crippen LogP contribution >= 0.6 is 0 Å². The van der Waals surface area contributed by atoms with Crippen LogP contribution in [0, 0.1) is 6.92 Å². The summed E-state index contributed by atoms with van der Waals surface area (Å²) in [6.07, 6.45) is 4.95. The lowest BCUT2D eigenvalue weighted by atomic mass is 10.2. The van der Waals surface area contributed by atoms with Crippen LogP contribution < -0.4 is 5.32 Å². The van der Waals surface area contributed by atoms with Crippen molar-refractivity contribution in [1.82, 2.24) is 14.8 Å². The van der Waals surface area contributed by atoms with Gasteiger partial charge in [-0.15, -0.1) is 0 Å². The molecular weight excluding hydrogens is 328 g/mol. The number of benzene rings is 1. The van der Waals surface area contributed by atoms with Gasteiger partial charge in [-0.2, -0.15) is 5.10 Å². The number of nitrogens with one attached hydrogen (secondary N) is 1. The van der Waals surface area contributed by atoms with Gasteiger partial charge in [-0.25, -0.2) is 4.68 Å². The Labute approximate surface area is 150 Å². The fraction of sp³-hybridized carbons (Fsp3) is 0.0500. The van der Waals surface area contributed by atoms with E-state index < -0.39 is 0 Å². The highest BCUT2D eigenvalue weighted by atomic mass is 16.3. The van der Waals surface area contributed by atoms with Gasteiger partial charge >= 0.3 is 0 Å². The van der Waals surface area contributed by atoms with E-state index >= 15 is 0 Å². The number of carbonyl (C=O) groups excluding carboxylic acids is 1. The van der Waals surface area contributed by atoms with Crippen molar-refractivity contribution in [2.45, 2.75) is 6.92 Å². The summed E-state index contributed by atoms with van der Waals surface area (Å²) in [6.45, 7) is 1.85. The Bertz CT molecular complexity index is 1040. The van der Waals surface area contributed by atoms with E-state index in [-0.39, 0.29) is 5.91 Å². The first-order chi connectivity index (χ1) is 12.7. The number of furan rings is 1. The zero-order valence-electron chi connectivity index (χ0n) is 14.1. The van der Waals surface area contributed by atoms with Crippen LogP contribution in [-0.2, 0) is 0 Å². The van der Waals surface area contributed by atoms with Gasteiger partial charge in [0.1, 0.15) is 11.5 Å². The average Bonchev–Trinajstić information content (AvgIpc) is 3.30. The quantitative estimate of drug-likeness (QED) is 0.605. The van der Waals surface area contributed by atoms with Crippen molar-refractivity contribution >= 4 is 11.6 Å². The number of pyridine rings is 1. The first-order valence-corrected chi connectivity index (χ1v) is 8.14. The Morgan fingerprint density at radius 3 is 2.62 bits per heavy atom. The third kappa shape index (κ3) is 3.12. The van der Waals surface area contributed by atoms with Crippen molar-refractivity contribution < 1.29 is 9.21 Å². The molecule has 4 aromatic rings. The highest BCUT2D eigenvalue weighted by Gasteiger charge is 2.21. The van der Waals surface area contributed by atoms with E-state index in [1.54, 1.807) is 35.4 Å². The molecule has 0 radical (unpaired) electrons. The number of rotatable bonds is 4. The average molecular weight is 344 g/mol. The Balaban J connectivity index is 1.76. The lowest BCUT2D eigenvalue weighted by Gasteiger charge is -2.03. The zero-order chi connectivity index (χ0) is 17.9. The molecule has 6 nitrogen and oxygen atoms in total. The Kier molecular flexibility index (Phi) is 4.07. The Morgan fingerprint density at radius 1 is 1.08 bits per heavy atom. The molecule has 0 atom stereocenters. The summed E-state index contributed by atoms with van der Waals surface area (Å²) in [4.78, 5) is 16.8. The zero-order valence-corrected chi connectivity index (χ0v) is 14.1. The number of anilines is 1. The number of para-hydroxylation sites is 1. The van der Waals surface area contributed by atoms with Crippen LogP contribution in [0.15, 0.2) is 77.6 Å². The molecule has 0 saturated carbocycles. The summed E-state index contributed by atoms with van der Waals surface area (Å²) in [7, 11) is 0. The van der Waals surface area contributed by atoms with Crippen molar-refractivity contribution in [3.63, 3.8) is 0 Å². The molecule has 1 amide bonds. The molecular formula is C20H16N4O2. The van der Waals surface area contributed by atoms with Gasteiger partial charge < -0.3 is 9.73 Å². The van der Waals surface area contributed by atoms with E-state index in [4.69, 9.17) is 4.42 Å². The number of aromatic nitrogens is 3. The van der Waals surface area contributed by atoms with Crippen molar-refractivity contribution in [1.29, 1.82) is 0 Å². The van der Waals surface area contributed by atoms with E-state index in [0.717, 1.165) is 11.4 Å². The number of carbonyl (C=O) groups is 1. The second kappa shape index (κ2) is 6.68. The van der Waals surface area contributed by atoms with Crippen LogP contribution in [0.2, 0.25) is 0 Å². The third-order valence-electron chi connectivity index (χ3n) is 3.87. The van der Waals surface area contributed by atoms with Crippen LogP contribution in [-0.4, -0.2) is 20.7 Å². The second-order valence-corrected chi connectivity index (χ2v) is 5.78. The molecule has 3 heterocycles. The van der Waals surface area contributed by atoms with Gasteiger partial charge in [0.25, 0.3) is 5.91 Å². The summed E-state index contributed by atoms with van der Waals surface area (Å²) in [5.41, 5.74) is 2.39. The van der Waals surface area contributed by atoms with Gasteiger partial charge in [0, 0.05) is 12.4 Å². The summed E-state index contributed by atoms with van der Waals surface area (Å²) >= 11 is 0. The minimum absolute atomic E-state index is 0.274. The predicted molar refractivity (Wildman–Crippen MR) is 98.2 cm³/mol. The van der Waals surface area contributed by atoms with Gasteiger partial charge in [0.2, 0.25) is 0 Å². The molecule has 4 rings (SSSR count). The predicted octanol–water partition coefficient (Wildman–Crippen LogP) is 4.09. The molecule has 0 aliphatic heterocycles. The highest BCUT2D eigenvalue weighted by Crippen LogP contribution is 2.26. The number of hydrogen-bond donors (Lipinski definition) is 1. The lowest BCUT2D eigenvalue weighted by molar-refractivity contribution is 0.102. The smallest absolute Gasteiger partial charge is 0.259 e. The molecule has 0 aliphatic rings. The largest absolute Gasteiger partial charge is 0.460 e. The van der Waals surface area contributed by atoms with Gasteiger partial charge in [-0.1, -0.05) is 18.2 Å². The third-order valence-corrected chi connectivity index (χ3v) is 3.87. The van der Waals surface area contributed by atoms with Crippen molar-refractivity contribution in [2.75, 3.05) is 5.32 Å². The first kappa shape index (κ1) is 15.8. The molecule has 0 spiro atoms. The minimum Gasteiger partial charge on any atom is -0.460 e. The molecule has 128 valence electrons. The molecule has 0 unspecified atom stereocenters. The fourth-order valence-corrected chi connectivity index (χ4v) is 2.63. The maximum absolute atomic E-state index is 12.8. The normalized spacial score (nSPS) is 10.7. The minimum atomic E-state index is -0.274. The molecule has 0 bridgehead atoms. The summed E-state index contributed by atoms with van der Waals surface area (Å²) < 4.78 is 7.36. The summed E-state index contributed by atoms with van der Waals surface area (Å²) in [6, 6.07) is 16.8. The van der Waals surface area contributed by atoms with E-state index in [0.29, 0.717) is 22.7 Å². The Morgan fingerprint density at radius 2 is 1.92 bits per heavy atom. The van der Waals surface area contributed by atoms with Gasteiger partial charge in [0.05, 0.1) is 23.1 Å². The van der Waals surface area contributed by atoms with Crippen LogP contribution in [0.3, 0.4) is 0 Å². The number of hydrogen-bond acceptors (Lipinski definition) is 4. The molecule has 3 aromatic heterocycles. The summed E-state index contributed by atoms with van der Waals surface area (Å²) in [5, 5.41) is 7.42. The van der Waals surface area contributed by atoms with E-state index in [9.17, 15) is 4.79 Å². The van der Waals surface area contributed by atoms with Crippen LogP contribution in [0.1, 0.15) is 16.1 Å². The first-order valence-electron chi connectivity index (χ1n) is 8.14. The SMILES string of the molecule is Cc1ccc(-c2nn(-c3ccccc3)cc2C(=O)Nc2cccnc2)o1. The number of nitrogens with zero attached hydrogens (tertiary/aromatic N) is 3. The van der Waals surface area contributed by atoms with Crippen molar-refractivity contribution in [3.05, 3.63) is 84.5 Å². The molecule has 0 fully saturated rings. The molecule has 1 aromatic carbocycles.